The number of hydrazone groups is 1. The molecule has 0 spiro atoms. The number of furan rings is 1. The zero-order valence-corrected chi connectivity index (χ0v) is 14.1. The van der Waals surface area contributed by atoms with Crippen molar-refractivity contribution >= 4 is 18.0 Å². The first kappa shape index (κ1) is 17.9. The van der Waals surface area contributed by atoms with Crippen molar-refractivity contribution in [1.29, 1.82) is 0 Å². The van der Waals surface area contributed by atoms with Gasteiger partial charge in [-0.25, -0.2) is 5.43 Å². The molecular formula is C19H15N3O5. The van der Waals surface area contributed by atoms with Crippen LogP contribution in [-0.2, 0) is 4.79 Å². The molecular weight excluding hydrogens is 350 g/mol. The minimum absolute atomic E-state index is 0.150. The maximum absolute atomic E-state index is 11.9. The summed E-state index contributed by atoms with van der Waals surface area (Å²) in [6.45, 7) is -0.237. The summed E-state index contributed by atoms with van der Waals surface area (Å²) in [5.41, 5.74) is 4.12. The molecule has 2 aromatic carbocycles. The SMILES string of the molecule is O=C(COc1ccccc1-c1ccccc1)NN=Cc1ccc([N+](=O)[O-])o1. The fraction of sp³-hybridized carbons (Fsp3) is 0.0526. The lowest BCUT2D eigenvalue weighted by Crippen LogP contribution is -2.24. The summed E-state index contributed by atoms with van der Waals surface area (Å²) in [7, 11) is 0. The number of para-hydroxylation sites is 1. The van der Waals surface area contributed by atoms with E-state index in [-0.39, 0.29) is 12.4 Å². The Labute approximate surface area is 154 Å². The highest BCUT2D eigenvalue weighted by molar-refractivity contribution is 5.81. The van der Waals surface area contributed by atoms with Crippen molar-refractivity contribution in [2.75, 3.05) is 6.61 Å². The zero-order chi connectivity index (χ0) is 19.1. The van der Waals surface area contributed by atoms with Crippen LogP contribution >= 0.6 is 0 Å². The Bertz CT molecular complexity index is 966. The molecule has 1 heterocycles. The number of hydrogen-bond acceptors (Lipinski definition) is 6. The first-order valence-electron chi connectivity index (χ1n) is 7.97. The van der Waals surface area contributed by atoms with E-state index in [4.69, 9.17) is 9.15 Å². The van der Waals surface area contributed by atoms with Crippen LogP contribution in [0.2, 0.25) is 0 Å². The van der Waals surface area contributed by atoms with Crippen LogP contribution in [0.3, 0.4) is 0 Å². The van der Waals surface area contributed by atoms with Gasteiger partial charge in [-0.15, -0.1) is 0 Å². The molecule has 0 unspecified atom stereocenters. The van der Waals surface area contributed by atoms with Crippen LogP contribution in [-0.4, -0.2) is 23.7 Å². The number of nitro groups is 1. The Morgan fingerprint density at radius 3 is 2.59 bits per heavy atom. The van der Waals surface area contributed by atoms with E-state index in [2.05, 4.69) is 10.5 Å². The fourth-order valence-electron chi connectivity index (χ4n) is 2.30. The standard InChI is InChI=1S/C19H15N3O5/c23-18(21-20-12-15-10-11-19(27-15)22(24)25)13-26-17-9-5-4-8-16(17)14-6-2-1-3-7-14/h1-12H,13H2,(H,21,23). The molecule has 0 aliphatic carbocycles. The average Bonchev–Trinajstić information content (AvgIpc) is 3.17. The Hall–Kier alpha value is -3.94. The van der Waals surface area contributed by atoms with Crippen LogP contribution in [0.5, 0.6) is 5.75 Å². The normalized spacial score (nSPS) is 10.7. The minimum atomic E-state index is -0.659. The van der Waals surface area contributed by atoms with Crippen molar-refractivity contribution in [2.24, 2.45) is 5.10 Å². The van der Waals surface area contributed by atoms with E-state index in [9.17, 15) is 14.9 Å². The van der Waals surface area contributed by atoms with Gasteiger partial charge in [0, 0.05) is 5.56 Å². The minimum Gasteiger partial charge on any atom is -0.483 e. The Balaban J connectivity index is 1.57. The van der Waals surface area contributed by atoms with E-state index in [1.165, 1.54) is 18.3 Å². The summed E-state index contributed by atoms with van der Waals surface area (Å²) in [5.74, 6) is -0.152. The van der Waals surface area contributed by atoms with E-state index in [0.717, 1.165) is 11.1 Å². The summed E-state index contributed by atoms with van der Waals surface area (Å²) < 4.78 is 10.5. The third-order valence-electron chi connectivity index (χ3n) is 3.50. The number of benzene rings is 2. The third-order valence-corrected chi connectivity index (χ3v) is 3.50. The van der Waals surface area contributed by atoms with E-state index >= 15 is 0 Å². The number of carbonyl (C=O) groups is 1. The summed E-state index contributed by atoms with van der Waals surface area (Å²) >= 11 is 0. The van der Waals surface area contributed by atoms with Crippen LogP contribution in [0.15, 0.2) is 76.2 Å². The van der Waals surface area contributed by atoms with Crippen molar-refractivity contribution in [3.8, 4) is 16.9 Å². The average molecular weight is 365 g/mol. The van der Waals surface area contributed by atoms with Crippen molar-refractivity contribution < 1.29 is 18.9 Å². The van der Waals surface area contributed by atoms with Crippen LogP contribution in [0.1, 0.15) is 5.76 Å². The van der Waals surface area contributed by atoms with E-state index in [1.54, 1.807) is 6.07 Å². The van der Waals surface area contributed by atoms with Crippen molar-refractivity contribution in [1.82, 2.24) is 5.43 Å². The first-order chi connectivity index (χ1) is 13.1. The smallest absolute Gasteiger partial charge is 0.433 e. The molecule has 1 aromatic heterocycles. The molecule has 0 atom stereocenters. The van der Waals surface area contributed by atoms with Crippen LogP contribution in [0, 0.1) is 10.1 Å². The van der Waals surface area contributed by atoms with Gasteiger partial charge in [0.05, 0.1) is 12.3 Å². The van der Waals surface area contributed by atoms with E-state index in [1.807, 2.05) is 48.5 Å². The Kier molecular flexibility index (Phi) is 5.58. The Morgan fingerprint density at radius 2 is 1.85 bits per heavy atom. The van der Waals surface area contributed by atoms with Crippen LogP contribution in [0.4, 0.5) is 5.88 Å². The zero-order valence-electron chi connectivity index (χ0n) is 14.1. The number of rotatable bonds is 7. The molecule has 0 radical (unpaired) electrons. The summed E-state index contributed by atoms with van der Waals surface area (Å²) in [6, 6.07) is 19.7. The topological polar surface area (TPSA) is 107 Å². The second kappa shape index (κ2) is 8.43. The van der Waals surface area contributed by atoms with Crippen molar-refractivity contribution in [3.63, 3.8) is 0 Å². The van der Waals surface area contributed by atoms with Gasteiger partial charge < -0.3 is 9.15 Å². The second-order valence-corrected chi connectivity index (χ2v) is 5.38. The van der Waals surface area contributed by atoms with Gasteiger partial charge in [0.2, 0.25) is 0 Å². The molecule has 0 saturated carbocycles. The van der Waals surface area contributed by atoms with E-state index in [0.29, 0.717) is 5.75 Å². The number of amides is 1. The molecule has 0 fully saturated rings. The highest BCUT2D eigenvalue weighted by Gasteiger charge is 2.11. The largest absolute Gasteiger partial charge is 0.483 e. The van der Waals surface area contributed by atoms with Gasteiger partial charge >= 0.3 is 5.88 Å². The quantitative estimate of drug-likeness (QED) is 0.392. The number of carbonyl (C=O) groups excluding carboxylic acids is 1. The molecule has 1 amide bonds. The molecule has 8 nitrogen and oxygen atoms in total. The maximum atomic E-state index is 11.9. The van der Waals surface area contributed by atoms with Crippen LogP contribution < -0.4 is 10.2 Å². The summed E-state index contributed by atoms with van der Waals surface area (Å²) in [4.78, 5) is 21.7. The number of nitrogens with one attached hydrogen (secondary N) is 1. The third kappa shape index (κ3) is 4.79. The lowest BCUT2D eigenvalue weighted by atomic mass is 10.1. The van der Waals surface area contributed by atoms with Gasteiger partial charge in [-0.05, 0) is 17.7 Å². The fourth-order valence-corrected chi connectivity index (χ4v) is 2.30. The molecule has 3 aromatic rings. The van der Waals surface area contributed by atoms with Crippen LogP contribution in [0.25, 0.3) is 11.1 Å². The summed E-state index contributed by atoms with van der Waals surface area (Å²) in [6.07, 6.45) is 1.17. The van der Waals surface area contributed by atoms with Gasteiger partial charge in [-0.1, -0.05) is 48.5 Å². The second-order valence-electron chi connectivity index (χ2n) is 5.38. The maximum Gasteiger partial charge on any atom is 0.433 e. The summed E-state index contributed by atoms with van der Waals surface area (Å²) in [5, 5.41) is 14.2. The molecule has 0 aliphatic rings. The van der Waals surface area contributed by atoms with Gasteiger partial charge in [-0.2, -0.15) is 5.10 Å². The van der Waals surface area contributed by atoms with Gasteiger partial charge in [0.1, 0.15) is 10.7 Å². The number of nitrogens with zero attached hydrogens (tertiary/aromatic N) is 2. The molecule has 136 valence electrons. The van der Waals surface area contributed by atoms with Gasteiger partial charge in [0.15, 0.2) is 12.4 Å². The number of ether oxygens (including phenoxy) is 1. The molecule has 3 rings (SSSR count). The lowest BCUT2D eigenvalue weighted by Gasteiger charge is -2.10. The van der Waals surface area contributed by atoms with E-state index < -0.39 is 16.7 Å². The molecule has 1 N–H and O–H groups in total. The predicted molar refractivity (Wildman–Crippen MR) is 98.5 cm³/mol. The molecule has 8 heteroatoms. The first-order valence-corrected chi connectivity index (χ1v) is 7.97. The predicted octanol–water partition coefficient (Wildman–Crippen LogP) is 3.38. The number of hydrogen-bond donors (Lipinski definition) is 1. The van der Waals surface area contributed by atoms with Crippen molar-refractivity contribution in [2.45, 2.75) is 0 Å². The van der Waals surface area contributed by atoms with Gasteiger partial charge in [-0.3, -0.25) is 14.9 Å². The lowest BCUT2D eigenvalue weighted by molar-refractivity contribution is -0.402. The molecule has 0 aliphatic heterocycles. The highest BCUT2D eigenvalue weighted by atomic mass is 16.6. The Morgan fingerprint density at radius 1 is 1.11 bits per heavy atom. The monoisotopic (exact) mass is 365 g/mol. The molecule has 0 saturated heterocycles. The van der Waals surface area contributed by atoms with Gasteiger partial charge in [0.25, 0.3) is 5.91 Å². The highest BCUT2D eigenvalue weighted by Crippen LogP contribution is 2.29. The molecule has 0 bridgehead atoms. The molecule has 27 heavy (non-hydrogen) atoms. The van der Waals surface area contributed by atoms with Crippen molar-refractivity contribution in [3.05, 3.63) is 82.6 Å².